The molecule has 0 radical (unpaired) electrons. The maximum absolute atomic E-state index is 5.93. The quantitative estimate of drug-likeness (QED) is 0.852. The second-order valence-corrected chi connectivity index (χ2v) is 5.98. The van der Waals surface area contributed by atoms with E-state index in [1.165, 1.54) is 18.4 Å². The summed E-state index contributed by atoms with van der Waals surface area (Å²) in [4.78, 5) is 11.2. The van der Waals surface area contributed by atoms with Crippen LogP contribution in [-0.2, 0) is 17.9 Å². The number of nitrogen functional groups attached to an aromatic ring is 1. The summed E-state index contributed by atoms with van der Waals surface area (Å²) in [6.45, 7) is 3.89. The maximum atomic E-state index is 5.93. The molecule has 5 nitrogen and oxygen atoms in total. The van der Waals surface area contributed by atoms with Crippen molar-refractivity contribution in [3.8, 4) is 0 Å². The Bertz CT molecular complexity index is 583. The van der Waals surface area contributed by atoms with Crippen molar-refractivity contribution in [3.05, 3.63) is 34.3 Å². The van der Waals surface area contributed by atoms with E-state index in [0.29, 0.717) is 30.9 Å². The van der Waals surface area contributed by atoms with Crippen LogP contribution in [0.1, 0.15) is 31.2 Å². The van der Waals surface area contributed by atoms with E-state index in [1.807, 2.05) is 13.0 Å². The minimum absolute atomic E-state index is 0.408. The van der Waals surface area contributed by atoms with Crippen molar-refractivity contribution in [3.63, 3.8) is 0 Å². The number of thiophene rings is 1. The molecule has 2 aromatic heterocycles. The van der Waals surface area contributed by atoms with Crippen LogP contribution in [0.5, 0.6) is 0 Å². The zero-order chi connectivity index (χ0) is 14.7. The lowest BCUT2D eigenvalue weighted by Crippen LogP contribution is -2.26. The van der Waals surface area contributed by atoms with E-state index < -0.39 is 0 Å². The van der Waals surface area contributed by atoms with E-state index in [9.17, 15) is 0 Å². The SMILES string of the molecule is CCOCc1nc(N)cc(N(Cc2ccsc2)C2CC2)n1. The average molecular weight is 304 g/mol. The van der Waals surface area contributed by atoms with Crippen molar-refractivity contribution >= 4 is 23.0 Å². The highest BCUT2D eigenvalue weighted by molar-refractivity contribution is 7.07. The topological polar surface area (TPSA) is 64.3 Å². The number of nitrogens with zero attached hydrogens (tertiary/aromatic N) is 3. The van der Waals surface area contributed by atoms with Crippen molar-refractivity contribution in [2.24, 2.45) is 0 Å². The van der Waals surface area contributed by atoms with Gasteiger partial charge in [-0.2, -0.15) is 11.3 Å². The molecule has 0 unspecified atom stereocenters. The summed E-state index contributed by atoms with van der Waals surface area (Å²) in [6.07, 6.45) is 2.43. The molecule has 1 fully saturated rings. The van der Waals surface area contributed by atoms with Gasteiger partial charge in [-0.15, -0.1) is 0 Å². The summed E-state index contributed by atoms with van der Waals surface area (Å²) >= 11 is 1.72. The van der Waals surface area contributed by atoms with Crippen molar-refractivity contribution in [2.45, 2.75) is 39.0 Å². The van der Waals surface area contributed by atoms with Crippen LogP contribution in [0.3, 0.4) is 0 Å². The predicted octanol–water partition coefficient (Wildman–Crippen LogP) is 2.83. The summed E-state index contributed by atoms with van der Waals surface area (Å²) in [5, 5.41) is 4.29. The molecule has 0 aromatic carbocycles. The molecule has 0 saturated heterocycles. The lowest BCUT2D eigenvalue weighted by Gasteiger charge is -2.23. The van der Waals surface area contributed by atoms with Crippen LogP contribution in [0.2, 0.25) is 0 Å². The van der Waals surface area contributed by atoms with Gasteiger partial charge in [-0.05, 0) is 42.2 Å². The molecular formula is C15H20N4OS. The van der Waals surface area contributed by atoms with Gasteiger partial charge in [-0.3, -0.25) is 0 Å². The molecule has 3 rings (SSSR count). The zero-order valence-electron chi connectivity index (χ0n) is 12.2. The van der Waals surface area contributed by atoms with Crippen molar-refractivity contribution in [2.75, 3.05) is 17.2 Å². The molecule has 2 aromatic rings. The highest BCUT2D eigenvalue weighted by Gasteiger charge is 2.30. The molecule has 0 spiro atoms. The molecule has 21 heavy (non-hydrogen) atoms. The minimum Gasteiger partial charge on any atom is -0.384 e. The van der Waals surface area contributed by atoms with E-state index >= 15 is 0 Å². The number of hydrogen-bond donors (Lipinski definition) is 1. The number of anilines is 2. The van der Waals surface area contributed by atoms with Gasteiger partial charge in [0.1, 0.15) is 18.2 Å². The van der Waals surface area contributed by atoms with Gasteiger partial charge < -0.3 is 15.4 Å². The van der Waals surface area contributed by atoms with Crippen LogP contribution < -0.4 is 10.6 Å². The lowest BCUT2D eigenvalue weighted by atomic mass is 10.3. The lowest BCUT2D eigenvalue weighted by molar-refractivity contribution is 0.128. The normalized spacial score (nSPS) is 14.3. The molecule has 0 aliphatic heterocycles. The van der Waals surface area contributed by atoms with Crippen molar-refractivity contribution in [1.82, 2.24) is 9.97 Å². The molecule has 0 amide bonds. The van der Waals surface area contributed by atoms with Gasteiger partial charge >= 0.3 is 0 Å². The first kappa shape index (κ1) is 14.3. The summed E-state index contributed by atoms with van der Waals surface area (Å²) in [5.41, 5.74) is 7.25. The molecule has 1 saturated carbocycles. The molecule has 1 aliphatic carbocycles. The smallest absolute Gasteiger partial charge is 0.158 e. The van der Waals surface area contributed by atoms with E-state index in [0.717, 1.165) is 12.4 Å². The zero-order valence-corrected chi connectivity index (χ0v) is 13.0. The fraction of sp³-hybridized carbons (Fsp3) is 0.467. The molecule has 6 heteroatoms. The standard InChI is InChI=1S/C15H20N4OS/c1-2-20-9-14-17-13(16)7-15(18-14)19(12-3-4-12)8-11-5-6-21-10-11/h5-7,10,12H,2-4,8-9H2,1H3,(H2,16,17,18). The van der Waals surface area contributed by atoms with Gasteiger partial charge in [0.2, 0.25) is 0 Å². The Kier molecular flexibility index (Phi) is 4.36. The predicted molar refractivity (Wildman–Crippen MR) is 85.3 cm³/mol. The summed E-state index contributed by atoms with van der Waals surface area (Å²) < 4.78 is 5.39. The second kappa shape index (κ2) is 6.41. The van der Waals surface area contributed by atoms with E-state index in [4.69, 9.17) is 10.5 Å². The van der Waals surface area contributed by atoms with Crippen LogP contribution in [0.15, 0.2) is 22.9 Å². The average Bonchev–Trinajstić information content (AvgIpc) is 3.18. The van der Waals surface area contributed by atoms with Crippen molar-refractivity contribution < 1.29 is 4.74 Å². The molecule has 0 bridgehead atoms. The largest absolute Gasteiger partial charge is 0.384 e. The Hall–Kier alpha value is -1.66. The Morgan fingerprint density at radius 3 is 2.95 bits per heavy atom. The maximum Gasteiger partial charge on any atom is 0.158 e. The van der Waals surface area contributed by atoms with Crippen LogP contribution in [-0.4, -0.2) is 22.6 Å². The highest BCUT2D eigenvalue weighted by Crippen LogP contribution is 2.33. The number of hydrogen-bond acceptors (Lipinski definition) is 6. The van der Waals surface area contributed by atoms with Crippen LogP contribution in [0, 0.1) is 0 Å². The monoisotopic (exact) mass is 304 g/mol. The molecule has 2 N–H and O–H groups in total. The Balaban J connectivity index is 1.82. The summed E-state index contributed by atoms with van der Waals surface area (Å²) in [6, 6.07) is 4.59. The number of ether oxygens (including phenoxy) is 1. The fourth-order valence-electron chi connectivity index (χ4n) is 2.27. The van der Waals surface area contributed by atoms with Gasteiger partial charge in [-0.1, -0.05) is 0 Å². The second-order valence-electron chi connectivity index (χ2n) is 5.20. The van der Waals surface area contributed by atoms with Gasteiger partial charge in [0.25, 0.3) is 0 Å². The van der Waals surface area contributed by atoms with Crippen molar-refractivity contribution in [1.29, 1.82) is 0 Å². The third kappa shape index (κ3) is 3.71. The summed E-state index contributed by atoms with van der Waals surface area (Å²) in [7, 11) is 0. The third-order valence-corrected chi connectivity index (χ3v) is 4.16. The van der Waals surface area contributed by atoms with Crippen LogP contribution >= 0.6 is 11.3 Å². The van der Waals surface area contributed by atoms with Gasteiger partial charge in [-0.25, -0.2) is 9.97 Å². The Morgan fingerprint density at radius 2 is 2.29 bits per heavy atom. The summed E-state index contributed by atoms with van der Waals surface area (Å²) in [5.74, 6) is 2.07. The molecule has 112 valence electrons. The van der Waals surface area contributed by atoms with Crippen LogP contribution in [0.25, 0.3) is 0 Å². The molecule has 0 atom stereocenters. The first-order valence-electron chi connectivity index (χ1n) is 7.25. The number of aromatic nitrogens is 2. The Labute approximate surface area is 128 Å². The Morgan fingerprint density at radius 1 is 1.43 bits per heavy atom. The molecule has 2 heterocycles. The first-order valence-corrected chi connectivity index (χ1v) is 8.19. The van der Waals surface area contributed by atoms with E-state index in [-0.39, 0.29) is 0 Å². The van der Waals surface area contributed by atoms with Gasteiger partial charge in [0.05, 0.1) is 0 Å². The third-order valence-electron chi connectivity index (χ3n) is 3.43. The molecular weight excluding hydrogens is 284 g/mol. The minimum atomic E-state index is 0.408. The van der Waals surface area contributed by atoms with E-state index in [1.54, 1.807) is 11.3 Å². The first-order chi connectivity index (χ1) is 10.3. The fourth-order valence-corrected chi connectivity index (χ4v) is 2.93. The van der Waals surface area contributed by atoms with Gasteiger partial charge in [0, 0.05) is 25.3 Å². The number of rotatable bonds is 7. The highest BCUT2D eigenvalue weighted by atomic mass is 32.1. The number of nitrogens with two attached hydrogens (primary N) is 1. The molecule has 1 aliphatic rings. The van der Waals surface area contributed by atoms with Gasteiger partial charge in [0.15, 0.2) is 5.82 Å². The van der Waals surface area contributed by atoms with E-state index in [2.05, 4.69) is 31.7 Å². The van der Waals surface area contributed by atoms with Crippen LogP contribution in [0.4, 0.5) is 11.6 Å².